The molecule has 2 aromatic heterocycles. The van der Waals surface area contributed by atoms with Crippen LogP contribution in [-0.4, -0.2) is 79.9 Å². The minimum absolute atomic E-state index is 0.191. The van der Waals surface area contributed by atoms with E-state index in [1.54, 1.807) is 41.8 Å². The van der Waals surface area contributed by atoms with E-state index in [2.05, 4.69) is 15.3 Å². The molecule has 0 aliphatic carbocycles. The lowest BCUT2D eigenvalue weighted by atomic mass is 10.2. The second-order valence-corrected chi connectivity index (χ2v) is 9.75. The van der Waals surface area contributed by atoms with Crippen LogP contribution >= 0.6 is 11.3 Å². The zero-order valence-electron chi connectivity index (χ0n) is 17.0. The molecule has 4 rings (SSSR count). The van der Waals surface area contributed by atoms with Gasteiger partial charge < -0.3 is 15.0 Å². The van der Waals surface area contributed by atoms with Crippen molar-refractivity contribution in [2.24, 2.45) is 0 Å². The van der Waals surface area contributed by atoms with E-state index in [4.69, 9.17) is 4.74 Å². The number of thiazole rings is 1. The number of pyridine rings is 1. The van der Waals surface area contributed by atoms with Crippen LogP contribution in [-0.2, 0) is 14.8 Å². The number of hydrogen-bond donors (Lipinski definition) is 1. The Morgan fingerprint density at radius 3 is 2.74 bits per heavy atom. The predicted octanol–water partition coefficient (Wildman–Crippen LogP) is 1.90. The van der Waals surface area contributed by atoms with Gasteiger partial charge in [0.1, 0.15) is 10.6 Å². The molecule has 0 spiro atoms. The highest BCUT2D eigenvalue weighted by molar-refractivity contribution is 7.89. The Morgan fingerprint density at radius 2 is 1.97 bits per heavy atom. The number of ether oxygens (including phenoxy) is 1. The van der Waals surface area contributed by atoms with Crippen molar-refractivity contribution in [3.63, 3.8) is 0 Å². The predicted molar refractivity (Wildman–Crippen MR) is 119 cm³/mol. The van der Waals surface area contributed by atoms with Gasteiger partial charge >= 0.3 is 0 Å². The number of methoxy groups -OCH3 is 1. The fourth-order valence-corrected chi connectivity index (χ4v) is 5.73. The van der Waals surface area contributed by atoms with Crippen LogP contribution < -0.4 is 5.32 Å². The first kappa shape index (κ1) is 21.6. The summed E-state index contributed by atoms with van der Waals surface area (Å²) in [5, 5.41) is 6.24. The maximum atomic E-state index is 13.2. The van der Waals surface area contributed by atoms with Gasteiger partial charge in [0.05, 0.1) is 12.1 Å². The third-order valence-corrected chi connectivity index (χ3v) is 7.78. The molecule has 0 radical (unpaired) electrons. The van der Waals surface area contributed by atoms with Crippen LogP contribution in [0.5, 0.6) is 0 Å². The maximum Gasteiger partial charge on any atom is 0.273 e. The van der Waals surface area contributed by atoms with Gasteiger partial charge in [-0.05, 0) is 12.1 Å². The summed E-state index contributed by atoms with van der Waals surface area (Å²) < 4.78 is 32.9. The molecule has 1 N–H and O–H groups in total. The van der Waals surface area contributed by atoms with Crippen molar-refractivity contribution >= 4 is 43.3 Å². The van der Waals surface area contributed by atoms with E-state index in [0.29, 0.717) is 42.6 Å². The van der Waals surface area contributed by atoms with Crippen molar-refractivity contribution in [1.82, 2.24) is 19.2 Å². The van der Waals surface area contributed by atoms with Crippen LogP contribution in [0.15, 0.2) is 46.8 Å². The number of amides is 1. The molecule has 1 aliphatic heterocycles. The average Bonchev–Trinajstić information content (AvgIpc) is 3.27. The monoisotopic (exact) mass is 461 g/mol. The SMILES string of the molecule is COCCNc1nc(C(=O)N2CCN(S(=O)(=O)c3cccc4cccnc34)CC2)cs1. The van der Waals surface area contributed by atoms with Gasteiger partial charge in [0.15, 0.2) is 5.13 Å². The highest BCUT2D eigenvalue weighted by atomic mass is 32.2. The lowest BCUT2D eigenvalue weighted by Crippen LogP contribution is -2.50. The molecule has 11 heteroatoms. The first-order valence-corrected chi connectivity index (χ1v) is 12.1. The zero-order valence-corrected chi connectivity index (χ0v) is 18.7. The Kier molecular flexibility index (Phi) is 6.46. The highest BCUT2D eigenvalue weighted by Gasteiger charge is 2.32. The van der Waals surface area contributed by atoms with Crippen molar-refractivity contribution in [2.75, 3.05) is 51.8 Å². The first-order chi connectivity index (χ1) is 15.0. The molecular formula is C20H23N5O4S2. The van der Waals surface area contributed by atoms with Gasteiger partial charge in [0.25, 0.3) is 5.91 Å². The molecule has 0 bridgehead atoms. The van der Waals surface area contributed by atoms with Crippen LogP contribution in [0.4, 0.5) is 5.13 Å². The number of carbonyl (C=O) groups excluding carboxylic acids is 1. The van der Waals surface area contributed by atoms with E-state index in [9.17, 15) is 13.2 Å². The summed E-state index contributed by atoms with van der Waals surface area (Å²) in [6, 6.07) is 8.75. The number of carbonyl (C=O) groups is 1. The molecule has 1 saturated heterocycles. The van der Waals surface area contributed by atoms with Gasteiger partial charge in [-0.15, -0.1) is 11.3 Å². The van der Waals surface area contributed by atoms with Gasteiger partial charge in [-0.2, -0.15) is 4.31 Å². The van der Waals surface area contributed by atoms with Crippen LogP contribution in [0.2, 0.25) is 0 Å². The highest BCUT2D eigenvalue weighted by Crippen LogP contribution is 2.25. The van der Waals surface area contributed by atoms with Crippen LogP contribution in [0.25, 0.3) is 10.9 Å². The second kappa shape index (κ2) is 9.27. The quantitative estimate of drug-likeness (QED) is 0.536. The first-order valence-electron chi connectivity index (χ1n) is 9.82. The summed E-state index contributed by atoms with van der Waals surface area (Å²) in [7, 11) is -2.09. The van der Waals surface area contributed by atoms with E-state index in [-0.39, 0.29) is 23.9 Å². The van der Waals surface area contributed by atoms with Crippen LogP contribution in [0.3, 0.4) is 0 Å². The van der Waals surface area contributed by atoms with Gasteiger partial charge in [0.2, 0.25) is 10.0 Å². The number of aromatic nitrogens is 2. The summed E-state index contributed by atoms with van der Waals surface area (Å²) in [6.07, 6.45) is 1.59. The molecule has 0 saturated carbocycles. The fourth-order valence-electron chi connectivity index (χ4n) is 3.43. The third-order valence-electron chi connectivity index (χ3n) is 5.05. The molecule has 31 heavy (non-hydrogen) atoms. The summed E-state index contributed by atoms with van der Waals surface area (Å²) in [4.78, 5) is 23.2. The number of hydrogen-bond acceptors (Lipinski definition) is 8. The number of para-hydroxylation sites is 1. The van der Waals surface area contributed by atoms with Gasteiger partial charge in [-0.3, -0.25) is 9.78 Å². The standard InChI is InChI=1S/C20H23N5O4S2/c1-29-13-8-22-20-23-16(14-30-20)19(26)24-9-11-25(12-10-24)31(27,28)17-6-2-4-15-5-3-7-21-18(15)17/h2-7,14H,8-13H2,1H3,(H,22,23). The van der Waals surface area contributed by atoms with Gasteiger partial charge in [-0.1, -0.05) is 18.2 Å². The topological polar surface area (TPSA) is 105 Å². The Morgan fingerprint density at radius 1 is 1.19 bits per heavy atom. The van der Waals surface area contributed by atoms with Crippen molar-refractivity contribution in [1.29, 1.82) is 0 Å². The van der Waals surface area contributed by atoms with E-state index >= 15 is 0 Å². The fraction of sp³-hybridized carbons (Fsp3) is 0.350. The van der Waals surface area contributed by atoms with Gasteiger partial charge in [0, 0.05) is 56.8 Å². The molecule has 1 aliphatic rings. The zero-order chi connectivity index (χ0) is 21.8. The van der Waals surface area contributed by atoms with E-state index in [0.717, 1.165) is 5.39 Å². The van der Waals surface area contributed by atoms with Crippen LogP contribution in [0, 0.1) is 0 Å². The van der Waals surface area contributed by atoms with E-state index in [1.165, 1.54) is 15.6 Å². The molecular weight excluding hydrogens is 438 g/mol. The normalized spacial score (nSPS) is 15.3. The number of rotatable bonds is 7. The number of anilines is 1. The number of nitrogens with one attached hydrogen (secondary N) is 1. The molecule has 0 atom stereocenters. The smallest absolute Gasteiger partial charge is 0.273 e. The molecule has 0 unspecified atom stereocenters. The minimum Gasteiger partial charge on any atom is -0.383 e. The molecule has 164 valence electrons. The summed E-state index contributed by atoms with van der Waals surface area (Å²) in [5.41, 5.74) is 0.818. The summed E-state index contributed by atoms with van der Waals surface area (Å²) in [5.74, 6) is -0.195. The number of piperazine rings is 1. The number of sulfonamides is 1. The van der Waals surface area contributed by atoms with Crippen LogP contribution in [0.1, 0.15) is 10.5 Å². The molecule has 3 aromatic rings. The second-order valence-electron chi connectivity index (χ2n) is 6.99. The Labute approximate surface area is 184 Å². The summed E-state index contributed by atoms with van der Waals surface area (Å²) in [6.45, 7) is 2.21. The number of fused-ring (bicyclic) bond motifs is 1. The molecule has 1 amide bonds. The van der Waals surface area contributed by atoms with Crippen molar-refractivity contribution in [3.05, 3.63) is 47.6 Å². The van der Waals surface area contributed by atoms with Crippen molar-refractivity contribution in [3.8, 4) is 0 Å². The number of nitrogens with zero attached hydrogens (tertiary/aromatic N) is 4. The van der Waals surface area contributed by atoms with E-state index < -0.39 is 10.0 Å². The molecule has 3 heterocycles. The maximum absolute atomic E-state index is 13.2. The molecule has 1 aromatic carbocycles. The lowest BCUT2D eigenvalue weighted by Gasteiger charge is -2.33. The average molecular weight is 462 g/mol. The molecule has 1 fully saturated rings. The largest absolute Gasteiger partial charge is 0.383 e. The van der Waals surface area contributed by atoms with Crippen molar-refractivity contribution in [2.45, 2.75) is 4.90 Å². The van der Waals surface area contributed by atoms with Gasteiger partial charge in [-0.25, -0.2) is 13.4 Å². The Hall–Kier alpha value is -2.60. The van der Waals surface area contributed by atoms with E-state index in [1.807, 2.05) is 12.1 Å². The third kappa shape index (κ3) is 4.54. The summed E-state index contributed by atoms with van der Waals surface area (Å²) >= 11 is 1.36. The number of benzene rings is 1. The lowest BCUT2D eigenvalue weighted by molar-refractivity contribution is 0.0693. The Balaban J connectivity index is 1.43. The van der Waals surface area contributed by atoms with Crippen molar-refractivity contribution < 1.29 is 17.9 Å². The Bertz CT molecular complexity index is 1170. The minimum atomic E-state index is -3.71. The molecule has 9 nitrogen and oxygen atoms in total.